The number of esters is 1. The van der Waals surface area contributed by atoms with Gasteiger partial charge in [-0.05, 0) is 24.3 Å². The monoisotopic (exact) mass is 386 g/mol. The van der Waals surface area contributed by atoms with Gasteiger partial charge in [0.25, 0.3) is 0 Å². The van der Waals surface area contributed by atoms with E-state index in [1.807, 2.05) is 30.3 Å². The summed E-state index contributed by atoms with van der Waals surface area (Å²) in [6, 6.07) is 11.5. The molecule has 0 amide bonds. The number of nitrogens with zero attached hydrogens (tertiary/aromatic N) is 2. The molecule has 136 valence electrons. The van der Waals surface area contributed by atoms with Crippen molar-refractivity contribution in [2.75, 3.05) is 18.6 Å². The largest absolute Gasteiger partial charge is 0.454 e. The smallest absolute Gasteiger partial charge is 0.338 e. The highest BCUT2D eigenvalue weighted by Crippen LogP contribution is 2.46. The second-order valence-electron chi connectivity index (χ2n) is 5.58. The Bertz CT molecular complexity index is 994. The molecule has 0 aromatic heterocycles. The fraction of sp³-hybridized carbons (Fsp3) is 0.105. The molecule has 1 heterocycles. The molecule has 0 saturated heterocycles. The van der Waals surface area contributed by atoms with E-state index >= 15 is 0 Å². The number of anilines is 1. The fourth-order valence-corrected chi connectivity index (χ4v) is 3.67. The second kappa shape index (κ2) is 7.60. The van der Waals surface area contributed by atoms with E-state index in [0.717, 1.165) is 22.7 Å². The predicted molar refractivity (Wildman–Crippen MR) is 95.0 cm³/mol. The van der Waals surface area contributed by atoms with Crippen LogP contribution >= 0.6 is 11.8 Å². The van der Waals surface area contributed by atoms with Gasteiger partial charge in [0.1, 0.15) is 28.3 Å². The average molecular weight is 386 g/mol. The van der Waals surface area contributed by atoms with Gasteiger partial charge in [-0.3, -0.25) is 4.79 Å². The Kier molecular flexibility index (Phi) is 5.23. The van der Waals surface area contributed by atoms with Crippen LogP contribution in [0.4, 0.5) is 14.5 Å². The topological polar surface area (TPSA) is 70.4 Å². The van der Waals surface area contributed by atoms with Crippen LogP contribution in [0.15, 0.2) is 58.0 Å². The first-order chi connectivity index (χ1) is 12.9. The summed E-state index contributed by atoms with van der Waals surface area (Å²) in [5.74, 6) is -3.63. The van der Waals surface area contributed by atoms with Gasteiger partial charge in [0.2, 0.25) is 5.78 Å². The Morgan fingerprint density at radius 2 is 1.85 bits per heavy atom. The van der Waals surface area contributed by atoms with Crippen molar-refractivity contribution in [1.82, 2.24) is 0 Å². The Labute approximate surface area is 157 Å². The van der Waals surface area contributed by atoms with Crippen LogP contribution in [0.3, 0.4) is 0 Å². The number of ketones is 1. The van der Waals surface area contributed by atoms with Crippen molar-refractivity contribution >= 4 is 29.2 Å². The molecule has 0 radical (unpaired) electrons. The molecule has 0 saturated carbocycles. The summed E-state index contributed by atoms with van der Waals surface area (Å²) >= 11 is 1.26. The minimum Gasteiger partial charge on any atom is -0.454 e. The molecule has 27 heavy (non-hydrogen) atoms. The lowest BCUT2D eigenvalue weighted by atomic mass is 10.2. The second-order valence-corrected chi connectivity index (χ2v) is 6.61. The maximum Gasteiger partial charge on any atom is 0.338 e. The van der Waals surface area contributed by atoms with Crippen LogP contribution in [0.1, 0.15) is 10.4 Å². The number of nitriles is 1. The lowest BCUT2D eigenvalue weighted by Gasteiger charge is -2.14. The molecule has 1 aliphatic heterocycles. The van der Waals surface area contributed by atoms with Crippen molar-refractivity contribution < 1.29 is 23.1 Å². The number of hydrogen-bond donors (Lipinski definition) is 0. The van der Waals surface area contributed by atoms with E-state index in [0.29, 0.717) is 11.1 Å². The number of Topliss-reactive ketones (excluding diaryl/α,β-unsaturated/α-hetero) is 1. The van der Waals surface area contributed by atoms with Crippen molar-refractivity contribution in [3.8, 4) is 6.07 Å². The van der Waals surface area contributed by atoms with Gasteiger partial charge in [0, 0.05) is 18.0 Å². The third-order valence-electron chi connectivity index (χ3n) is 3.78. The number of para-hydroxylation sites is 1. The standard InChI is InChI=1S/C19H12F2N2O3S/c1-23-15-4-2-3-5-17(15)27-18(23)14(9-22)16(24)10-26-19(25)11-6-12(20)8-13(21)7-11/h2-8H,10H2,1H3/b18-14-. The molecule has 0 atom stereocenters. The number of carbonyl (C=O) groups is 2. The molecule has 8 heteroatoms. The highest BCUT2D eigenvalue weighted by Gasteiger charge is 2.28. The van der Waals surface area contributed by atoms with E-state index in [2.05, 4.69) is 0 Å². The lowest BCUT2D eigenvalue weighted by molar-refractivity contribution is -0.118. The van der Waals surface area contributed by atoms with Crippen molar-refractivity contribution in [2.24, 2.45) is 0 Å². The molecule has 0 spiro atoms. The minimum atomic E-state index is -1.06. The van der Waals surface area contributed by atoms with E-state index in [-0.39, 0.29) is 11.1 Å². The molecular formula is C19H12F2N2O3S. The first-order valence-electron chi connectivity index (χ1n) is 7.72. The summed E-state index contributed by atoms with van der Waals surface area (Å²) < 4.78 is 31.2. The zero-order chi connectivity index (χ0) is 19.6. The maximum atomic E-state index is 13.2. The van der Waals surface area contributed by atoms with E-state index in [4.69, 9.17) is 4.74 Å². The van der Waals surface area contributed by atoms with Gasteiger partial charge in [-0.1, -0.05) is 23.9 Å². The Morgan fingerprint density at radius 1 is 1.19 bits per heavy atom. The summed E-state index contributed by atoms with van der Waals surface area (Å²) in [6.07, 6.45) is 0. The van der Waals surface area contributed by atoms with Crippen LogP contribution in [0.2, 0.25) is 0 Å². The number of hydrogen-bond acceptors (Lipinski definition) is 6. The van der Waals surface area contributed by atoms with Gasteiger partial charge < -0.3 is 9.64 Å². The average Bonchev–Trinajstić information content (AvgIpc) is 2.96. The van der Waals surface area contributed by atoms with Crippen molar-refractivity contribution in [3.05, 3.63) is 70.3 Å². The molecule has 0 unspecified atom stereocenters. The molecule has 3 rings (SSSR count). The molecule has 2 aromatic rings. The van der Waals surface area contributed by atoms with Crippen LogP contribution in [0, 0.1) is 23.0 Å². The summed E-state index contributed by atoms with van der Waals surface area (Å²) in [5.41, 5.74) is 0.341. The molecular weight excluding hydrogens is 374 g/mol. The molecule has 0 aliphatic carbocycles. The minimum absolute atomic E-state index is 0.156. The van der Waals surface area contributed by atoms with Gasteiger partial charge in [-0.25, -0.2) is 13.6 Å². The van der Waals surface area contributed by atoms with Gasteiger partial charge in [-0.15, -0.1) is 0 Å². The molecule has 0 bridgehead atoms. The maximum absolute atomic E-state index is 13.2. The molecule has 1 aliphatic rings. The van der Waals surface area contributed by atoms with Gasteiger partial charge in [0.15, 0.2) is 6.61 Å². The van der Waals surface area contributed by atoms with Crippen LogP contribution < -0.4 is 4.90 Å². The van der Waals surface area contributed by atoms with Gasteiger partial charge in [0.05, 0.1) is 11.3 Å². The molecule has 0 N–H and O–H groups in total. The Morgan fingerprint density at radius 3 is 2.48 bits per heavy atom. The van der Waals surface area contributed by atoms with E-state index < -0.39 is 30.0 Å². The third-order valence-corrected chi connectivity index (χ3v) is 5.01. The number of carbonyl (C=O) groups excluding carboxylic acids is 2. The number of benzene rings is 2. The van der Waals surface area contributed by atoms with Crippen molar-refractivity contribution in [1.29, 1.82) is 5.26 Å². The SMILES string of the molecule is CN1/C(=C(\C#N)C(=O)COC(=O)c2cc(F)cc(F)c2)Sc2ccccc21. The highest BCUT2D eigenvalue weighted by molar-refractivity contribution is 8.03. The Hall–Kier alpha value is -3.18. The summed E-state index contributed by atoms with van der Waals surface area (Å²) in [5, 5.41) is 9.83. The first kappa shape index (κ1) is 18.6. The zero-order valence-electron chi connectivity index (χ0n) is 14.0. The lowest BCUT2D eigenvalue weighted by Crippen LogP contribution is -2.20. The number of rotatable bonds is 4. The number of fused-ring (bicyclic) bond motifs is 1. The van der Waals surface area contributed by atoms with E-state index in [1.54, 1.807) is 11.9 Å². The van der Waals surface area contributed by atoms with Crippen LogP contribution in [0.5, 0.6) is 0 Å². The molecule has 2 aromatic carbocycles. The van der Waals surface area contributed by atoms with Gasteiger partial charge >= 0.3 is 5.97 Å². The fourth-order valence-electron chi connectivity index (χ4n) is 2.51. The number of thioether (sulfide) groups is 1. The Balaban J connectivity index is 1.75. The van der Waals surface area contributed by atoms with Crippen LogP contribution in [-0.2, 0) is 9.53 Å². The van der Waals surface area contributed by atoms with Crippen LogP contribution in [-0.4, -0.2) is 25.4 Å². The third kappa shape index (κ3) is 3.83. The predicted octanol–water partition coefficient (Wildman–Crippen LogP) is 3.67. The quantitative estimate of drug-likeness (QED) is 0.454. The van der Waals surface area contributed by atoms with E-state index in [9.17, 15) is 23.6 Å². The van der Waals surface area contributed by atoms with E-state index in [1.165, 1.54) is 11.8 Å². The number of ether oxygens (including phenoxy) is 1. The highest BCUT2D eigenvalue weighted by atomic mass is 32.2. The van der Waals surface area contributed by atoms with Crippen molar-refractivity contribution in [2.45, 2.75) is 4.90 Å². The van der Waals surface area contributed by atoms with Crippen LogP contribution in [0.25, 0.3) is 0 Å². The summed E-state index contributed by atoms with van der Waals surface area (Å²) in [7, 11) is 1.72. The zero-order valence-corrected chi connectivity index (χ0v) is 14.8. The normalized spacial score (nSPS) is 14.4. The molecule has 0 fully saturated rings. The number of halogens is 2. The van der Waals surface area contributed by atoms with Crippen molar-refractivity contribution in [3.63, 3.8) is 0 Å². The summed E-state index contributed by atoms with van der Waals surface area (Å²) in [6.45, 7) is -0.714. The molecule has 5 nitrogen and oxygen atoms in total. The first-order valence-corrected chi connectivity index (χ1v) is 8.53. The summed E-state index contributed by atoms with van der Waals surface area (Å²) in [4.78, 5) is 26.9. The van der Waals surface area contributed by atoms with Gasteiger partial charge in [-0.2, -0.15) is 5.26 Å².